The molecule has 3 aromatic carbocycles. The molecule has 7 heteroatoms. The lowest BCUT2D eigenvalue weighted by molar-refractivity contribution is -0.128. The van der Waals surface area contributed by atoms with Gasteiger partial charge in [-0.2, -0.15) is 0 Å². The molecule has 186 valence electrons. The number of hydrogen-bond acceptors (Lipinski definition) is 5. The zero-order valence-corrected chi connectivity index (χ0v) is 20.4. The summed E-state index contributed by atoms with van der Waals surface area (Å²) in [6, 6.07) is 20.8. The average molecular weight is 495 g/mol. The van der Waals surface area contributed by atoms with E-state index in [1.807, 2.05) is 35.2 Å². The molecule has 2 aliphatic rings. The summed E-state index contributed by atoms with van der Waals surface area (Å²) >= 11 is 0. The first kappa shape index (κ1) is 22.9. The van der Waals surface area contributed by atoms with E-state index in [1.165, 1.54) is 18.1 Å². The number of fused-ring (bicyclic) bond motifs is 4. The van der Waals surface area contributed by atoms with Crippen LogP contribution in [0.1, 0.15) is 38.8 Å². The van der Waals surface area contributed by atoms with Crippen molar-refractivity contribution in [1.82, 2.24) is 9.88 Å². The molecule has 1 aromatic heterocycles. The third-order valence-electron chi connectivity index (χ3n) is 6.95. The van der Waals surface area contributed by atoms with Gasteiger partial charge in [0.15, 0.2) is 11.5 Å². The van der Waals surface area contributed by atoms with Gasteiger partial charge in [-0.05, 0) is 59.5 Å². The first-order valence-electron chi connectivity index (χ1n) is 12.3. The Morgan fingerprint density at radius 2 is 1.78 bits per heavy atom. The van der Waals surface area contributed by atoms with Crippen LogP contribution in [0.4, 0.5) is 0 Å². The van der Waals surface area contributed by atoms with Crippen LogP contribution < -0.4 is 9.47 Å². The molecule has 1 atom stereocenters. The zero-order valence-electron chi connectivity index (χ0n) is 20.4. The Labute approximate surface area is 214 Å². The van der Waals surface area contributed by atoms with E-state index >= 15 is 0 Å². The quantitative estimate of drug-likeness (QED) is 0.322. The fraction of sp³-hybridized carbons (Fsp3) is 0.200. The third-order valence-corrected chi connectivity index (χ3v) is 6.95. The predicted molar refractivity (Wildman–Crippen MR) is 140 cm³/mol. The van der Waals surface area contributed by atoms with Crippen molar-refractivity contribution in [2.24, 2.45) is 0 Å². The summed E-state index contributed by atoms with van der Waals surface area (Å²) in [5.74, 6) is 0.925. The Hall–Kier alpha value is -4.52. The largest absolute Gasteiger partial charge is 0.486 e. The van der Waals surface area contributed by atoms with Crippen LogP contribution in [0.5, 0.6) is 11.5 Å². The average Bonchev–Trinajstić information content (AvgIpc) is 3.33. The predicted octanol–water partition coefficient (Wildman–Crippen LogP) is 4.91. The molecule has 0 bridgehead atoms. The third kappa shape index (κ3) is 4.22. The van der Waals surface area contributed by atoms with Gasteiger partial charge in [-0.3, -0.25) is 4.79 Å². The normalized spacial score (nSPS) is 16.6. The minimum Gasteiger partial charge on any atom is -0.486 e. The van der Waals surface area contributed by atoms with Crippen LogP contribution in [0.25, 0.3) is 17.0 Å². The Morgan fingerprint density at radius 3 is 2.59 bits per heavy atom. The van der Waals surface area contributed by atoms with E-state index in [-0.39, 0.29) is 11.9 Å². The molecule has 0 aliphatic carbocycles. The molecular formula is C30H26N2O5. The Bertz CT molecular complexity index is 1520. The van der Waals surface area contributed by atoms with Gasteiger partial charge in [-0.25, -0.2) is 4.79 Å². The van der Waals surface area contributed by atoms with Crippen molar-refractivity contribution >= 4 is 28.9 Å². The molecule has 37 heavy (non-hydrogen) atoms. The summed E-state index contributed by atoms with van der Waals surface area (Å²) in [5.41, 5.74) is 5.56. The van der Waals surface area contributed by atoms with Crippen LogP contribution in [0.2, 0.25) is 0 Å². The van der Waals surface area contributed by atoms with E-state index in [0.29, 0.717) is 31.1 Å². The van der Waals surface area contributed by atoms with Crippen molar-refractivity contribution in [3.63, 3.8) is 0 Å². The monoisotopic (exact) mass is 494 g/mol. The zero-order chi connectivity index (χ0) is 25.4. The highest BCUT2D eigenvalue weighted by atomic mass is 16.6. The number of esters is 1. The number of rotatable bonds is 4. The van der Waals surface area contributed by atoms with Gasteiger partial charge in [0.25, 0.3) is 0 Å². The molecule has 0 fully saturated rings. The molecule has 6 rings (SSSR count). The maximum absolute atomic E-state index is 13.6. The number of nitrogens with zero attached hydrogens (tertiary/aromatic N) is 1. The van der Waals surface area contributed by atoms with Crippen molar-refractivity contribution in [3.8, 4) is 11.5 Å². The van der Waals surface area contributed by atoms with Gasteiger partial charge in [0.2, 0.25) is 5.91 Å². The molecule has 1 amide bonds. The number of aromatic amines is 1. The second kappa shape index (κ2) is 9.50. The minimum absolute atomic E-state index is 0.0961. The lowest BCUT2D eigenvalue weighted by atomic mass is 9.92. The van der Waals surface area contributed by atoms with Gasteiger partial charge in [0, 0.05) is 29.2 Å². The molecule has 0 radical (unpaired) electrons. The van der Waals surface area contributed by atoms with Crippen LogP contribution in [-0.4, -0.2) is 48.6 Å². The van der Waals surface area contributed by atoms with Crippen LogP contribution in [0, 0.1) is 0 Å². The van der Waals surface area contributed by atoms with Crippen LogP contribution in [-0.2, 0) is 16.0 Å². The van der Waals surface area contributed by atoms with Gasteiger partial charge in [-0.15, -0.1) is 0 Å². The molecule has 1 unspecified atom stereocenters. The van der Waals surface area contributed by atoms with E-state index in [1.54, 1.807) is 36.4 Å². The standard InChI is InChI=1S/C30H26N2O5/c1-35-30(34)20-9-6-19(7-10-20)8-13-27(33)32-15-14-23-22-4-2-3-5-24(22)31-28(23)29(32)21-11-12-25-26(18-21)37-17-16-36-25/h2-13,18,29,31H,14-17H2,1H3/b13-8+. The van der Waals surface area contributed by atoms with Crippen molar-refractivity contribution < 1.29 is 23.8 Å². The molecule has 0 spiro atoms. The van der Waals surface area contributed by atoms with Crippen molar-refractivity contribution in [1.29, 1.82) is 0 Å². The number of methoxy groups -OCH3 is 1. The van der Waals surface area contributed by atoms with Crippen LogP contribution in [0.3, 0.4) is 0 Å². The fourth-order valence-corrected chi connectivity index (χ4v) is 5.17. The highest BCUT2D eigenvalue weighted by Crippen LogP contribution is 2.41. The van der Waals surface area contributed by atoms with Crippen molar-refractivity contribution in [3.05, 3.63) is 101 Å². The summed E-state index contributed by atoms with van der Waals surface area (Å²) in [6.45, 7) is 1.61. The summed E-state index contributed by atoms with van der Waals surface area (Å²) in [7, 11) is 1.35. The second-order valence-electron chi connectivity index (χ2n) is 9.10. The summed E-state index contributed by atoms with van der Waals surface area (Å²) in [5, 5.41) is 1.19. The van der Waals surface area contributed by atoms with Crippen LogP contribution in [0.15, 0.2) is 72.8 Å². The molecule has 0 saturated heterocycles. The fourth-order valence-electron chi connectivity index (χ4n) is 5.17. The number of carbonyl (C=O) groups excluding carboxylic acids is 2. The molecule has 3 heterocycles. The highest BCUT2D eigenvalue weighted by Gasteiger charge is 2.34. The molecule has 2 aliphatic heterocycles. The Balaban J connectivity index is 1.36. The number of para-hydroxylation sites is 1. The molecule has 7 nitrogen and oxygen atoms in total. The van der Waals surface area contributed by atoms with Crippen LogP contribution >= 0.6 is 0 Å². The molecule has 1 N–H and O–H groups in total. The first-order chi connectivity index (χ1) is 18.1. The lowest BCUT2D eigenvalue weighted by Crippen LogP contribution is -2.39. The van der Waals surface area contributed by atoms with Gasteiger partial charge in [0.05, 0.1) is 18.7 Å². The van der Waals surface area contributed by atoms with Gasteiger partial charge >= 0.3 is 5.97 Å². The minimum atomic E-state index is -0.392. The number of ether oxygens (including phenoxy) is 3. The lowest BCUT2D eigenvalue weighted by Gasteiger charge is -2.36. The number of aromatic nitrogens is 1. The molecule has 4 aromatic rings. The number of amides is 1. The van der Waals surface area contributed by atoms with Crippen molar-refractivity contribution in [2.75, 3.05) is 26.9 Å². The molecule has 0 saturated carbocycles. The maximum atomic E-state index is 13.6. The highest BCUT2D eigenvalue weighted by molar-refractivity contribution is 5.94. The van der Waals surface area contributed by atoms with E-state index in [9.17, 15) is 9.59 Å². The van der Waals surface area contributed by atoms with E-state index in [2.05, 4.69) is 17.1 Å². The Kier molecular flexibility index (Phi) is 5.88. The number of carbonyl (C=O) groups is 2. The second-order valence-corrected chi connectivity index (χ2v) is 9.10. The van der Waals surface area contributed by atoms with Gasteiger partial charge < -0.3 is 24.1 Å². The topological polar surface area (TPSA) is 80.9 Å². The summed E-state index contributed by atoms with van der Waals surface area (Å²) < 4.78 is 16.3. The SMILES string of the molecule is COC(=O)c1ccc(/C=C/C(=O)N2CCc3c([nH]c4ccccc34)C2c2ccc3c(c2)OCCO3)cc1. The smallest absolute Gasteiger partial charge is 0.337 e. The number of H-pyrrole nitrogens is 1. The van der Waals surface area contributed by atoms with Crippen molar-refractivity contribution in [2.45, 2.75) is 12.5 Å². The van der Waals surface area contributed by atoms with Gasteiger partial charge in [0.1, 0.15) is 13.2 Å². The van der Waals surface area contributed by atoms with E-state index < -0.39 is 5.97 Å². The number of nitrogens with one attached hydrogen (secondary N) is 1. The van der Waals surface area contributed by atoms with Gasteiger partial charge in [-0.1, -0.05) is 36.4 Å². The van der Waals surface area contributed by atoms with E-state index in [4.69, 9.17) is 14.2 Å². The summed E-state index contributed by atoms with van der Waals surface area (Å²) in [4.78, 5) is 30.8. The Morgan fingerprint density at radius 1 is 1.00 bits per heavy atom. The number of benzene rings is 3. The summed E-state index contributed by atoms with van der Waals surface area (Å²) in [6.07, 6.45) is 4.12. The first-order valence-corrected chi connectivity index (χ1v) is 12.3. The van der Waals surface area contributed by atoms with E-state index in [0.717, 1.165) is 34.5 Å². The molecular weight excluding hydrogens is 468 g/mol. The number of hydrogen-bond donors (Lipinski definition) is 1. The maximum Gasteiger partial charge on any atom is 0.337 e.